The predicted octanol–water partition coefficient (Wildman–Crippen LogP) is 5.97. The maximum atomic E-state index is 12.2. The predicted molar refractivity (Wildman–Crippen MR) is 128 cm³/mol. The molecule has 1 atom stereocenters. The zero-order valence-electron chi connectivity index (χ0n) is 18.3. The van der Waals surface area contributed by atoms with Crippen LogP contribution in [0.2, 0.25) is 0 Å². The first kappa shape index (κ1) is 22.5. The molecule has 0 aliphatic rings. The van der Waals surface area contributed by atoms with Gasteiger partial charge in [-0.25, -0.2) is 9.59 Å². The van der Waals surface area contributed by atoms with Gasteiger partial charge in [0.25, 0.3) is 0 Å². The monoisotopic (exact) mass is 447 g/mol. The molecule has 0 spiro atoms. The summed E-state index contributed by atoms with van der Waals surface area (Å²) in [5, 5.41) is 9.70. The molecule has 1 unspecified atom stereocenters. The molecule has 0 saturated heterocycles. The fraction of sp³-hybridized carbons (Fsp3) is 0.0690. The molecule has 34 heavy (non-hydrogen) atoms. The van der Waals surface area contributed by atoms with Crippen LogP contribution in [0.4, 0.5) is 0 Å². The number of nitriles is 1. The number of carbonyl (C=O) groups is 2. The Bertz CT molecular complexity index is 1290. The second-order valence-electron chi connectivity index (χ2n) is 7.61. The van der Waals surface area contributed by atoms with Crippen LogP contribution in [-0.2, 0) is 6.42 Å². The first-order valence-corrected chi connectivity index (χ1v) is 10.8. The van der Waals surface area contributed by atoms with Crippen LogP contribution in [-0.4, -0.2) is 11.9 Å². The van der Waals surface area contributed by atoms with Crippen molar-refractivity contribution in [3.8, 4) is 17.6 Å². The van der Waals surface area contributed by atoms with E-state index >= 15 is 0 Å². The minimum Gasteiger partial charge on any atom is -0.423 e. The smallest absolute Gasteiger partial charge is 0.343 e. The molecule has 0 heterocycles. The van der Waals surface area contributed by atoms with Gasteiger partial charge in [-0.1, -0.05) is 60.7 Å². The van der Waals surface area contributed by atoms with Crippen LogP contribution in [0.5, 0.6) is 11.5 Å². The summed E-state index contributed by atoms with van der Waals surface area (Å²) >= 11 is 0. The van der Waals surface area contributed by atoms with Crippen LogP contribution >= 0.6 is 0 Å². The van der Waals surface area contributed by atoms with Crippen molar-refractivity contribution in [3.05, 3.63) is 131 Å². The Hall–Kier alpha value is -4.69. The molecule has 0 saturated carbocycles. The number of esters is 2. The maximum Gasteiger partial charge on any atom is 0.343 e. The van der Waals surface area contributed by atoms with Gasteiger partial charge in [0.1, 0.15) is 11.5 Å². The Labute approximate surface area is 197 Å². The van der Waals surface area contributed by atoms with Gasteiger partial charge in [0.05, 0.1) is 23.1 Å². The molecule has 166 valence electrons. The molecule has 0 amide bonds. The van der Waals surface area contributed by atoms with Crippen LogP contribution in [0.1, 0.15) is 37.8 Å². The molecule has 0 fully saturated rings. The van der Waals surface area contributed by atoms with E-state index in [4.69, 9.17) is 9.47 Å². The molecule has 5 nitrogen and oxygen atoms in total. The lowest BCUT2D eigenvalue weighted by molar-refractivity contribution is 0.0725. The quantitative estimate of drug-likeness (QED) is 0.257. The summed E-state index contributed by atoms with van der Waals surface area (Å²) in [5.41, 5.74) is 2.71. The van der Waals surface area contributed by atoms with Crippen LogP contribution < -0.4 is 9.47 Å². The molecule has 4 aromatic rings. The third-order valence-corrected chi connectivity index (χ3v) is 5.24. The van der Waals surface area contributed by atoms with Gasteiger partial charge in [-0.05, 0) is 66.1 Å². The Morgan fingerprint density at radius 3 is 1.53 bits per heavy atom. The Balaban J connectivity index is 1.37. The largest absolute Gasteiger partial charge is 0.423 e. The topological polar surface area (TPSA) is 76.4 Å². The summed E-state index contributed by atoms with van der Waals surface area (Å²) < 4.78 is 10.8. The van der Waals surface area contributed by atoms with Gasteiger partial charge >= 0.3 is 11.9 Å². The number of carbonyl (C=O) groups excluding carboxylic acids is 2. The van der Waals surface area contributed by atoms with E-state index < -0.39 is 11.9 Å². The lowest BCUT2D eigenvalue weighted by atomic mass is 9.93. The summed E-state index contributed by atoms with van der Waals surface area (Å²) in [4.78, 5) is 24.4. The van der Waals surface area contributed by atoms with Gasteiger partial charge in [0.15, 0.2) is 0 Å². The zero-order valence-corrected chi connectivity index (χ0v) is 18.3. The fourth-order valence-electron chi connectivity index (χ4n) is 3.42. The number of rotatable bonds is 7. The third kappa shape index (κ3) is 5.76. The van der Waals surface area contributed by atoms with E-state index in [0.29, 0.717) is 29.0 Å². The Kier molecular flexibility index (Phi) is 7.12. The molecule has 0 N–H and O–H groups in total. The maximum absolute atomic E-state index is 12.2. The molecule has 0 aromatic heterocycles. The van der Waals surface area contributed by atoms with E-state index in [1.165, 1.54) is 0 Å². The lowest BCUT2D eigenvalue weighted by Gasteiger charge is -2.11. The highest BCUT2D eigenvalue weighted by molar-refractivity contribution is 5.91. The molecule has 0 aliphatic heterocycles. The van der Waals surface area contributed by atoms with E-state index in [1.54, 1.807) is 84.9 Å². The number of nitrogens with zero attached hydrogens (tertiary/aromatic N) is 1. The molecule has 0 bridgehead atoms. The Morgan fingerprint density at radius 1 is 0.647 bits per heavy atom. The average Bonchev–Trinajstić information content (AvgIpc) is 2.90. The van der Waals surface area contributed by atoms with Crippen molar-refractivity contribution in [1.29, 1.82) is 5.26 Å². The minimum absolute atomic E-state index is 0.378. The SMILES string of the molecule is N#CC(Cc1ccc(OC(=O)c2ccccc2)cc1)c1ccc(OC(=O)c2ccccc2)cc1. The van der Waals surface area contributed by atoms with E-state index in [-0.39, 0.29) is 5.92 Å². The van der Waals surface area contributed by atoms with Crippen LogP contribution in [0.15, 0.2) is 109 Å². The lowest BCUT2D eigenvalue weighted by Crippen LogP contribution is -2.08. The van der Waals surface area contributed by atoms with Crippen molar-refractivity contribution < 1.29 is 19.1 Å². The second kappa shape index (κ2) is 10.8. The van der Waals surface area contributed by atoms with Gasteiger partial charge < -0.3 is 9.47 Å². The fourth-order valence-corrected chi connectivity index (χ4v) is 3.42. The first-order valence-electron chi connectivity index (χ1n) is 10.8. The van der Waals surface area contributed by atoms with Crippen molar-refractivity contribution in [2.45, 2.75) is 12.3 Å². The number of hydrogen-bond donors (Lipinski definition) is 0. The highest BCUT2D eigenvalue weighted by Gasteiger charge is 2.14. The van der Waals surface area contributed by atoms with Crippen molar-refractivity contribution in [2.24, 2.45) is 0 Å². The summed E-state index contributed by atoms with van der Waals surface area (Å²) in [6, 6.07) is 34.0. The van der Waals surface area contributed by atoms with Crippen LogP contribution in [0.3, 0.4) is 0 Å². The molecular formula is C29H21NO4. The summed E-state index contributed by atoms with van der Waals surface area (Å²) in [7, 11) is 0. The van der Waals surface area contributed by atoms with E-state index in [0.717, 1.165) is 11.1 Å². The number of hydrogen-bond acceptors (Lipinski definition) is 5. The first-order chi connectivity index (χ1) is 16.6. The zero-order chi connectivity index (χ0) is 23.8. The average molecular weight is 447 g/mol. The second-order valence-corrected chi connectivity index (χ2v) is 7.61. The minimum atomic E-state index is -0.432. The van der Waals surface area contributed by atoms with E-state index in [1.807, 2.05) is 24.3 Å². The normalized spacial score (nSPS) is 11.1. The molecule has 4 aromatic carbocycles. The molecule has 0 radical (unpaired) electrons. The highest BCUT2D eigenvalue weighted by atomic mass is 16.5. The van der Waals surface area contributed by atoms with Crippen molar-refractivity contribution >= 4 is 11.9 Å². The van der Waals surface area contributed by atoms with E-state index in [9.17, 15) is 14.9 Å². The number of benzene rings is 4. The van der Waals surface area contributed by atoms with E-state index in [2.05, 4.69) is 6.07 Å². The van der Waals surface area contributed by atoms with Gasteiger partial charge in [-0.2, -0.15) is 5.26 Å². The summed E-state index contributed by atoms with van der Waals surface area (Å²) in [6.45, 7) is 0. The molecular weight excluding hydrogens is 426 g/mol. The van der Waals surface area contributed by atoms with Crippen molar-refractivity contribution in [3.63, 3.8) is 0 Å². The molecule has 5 heteroatoms. The summed E-state index contributed by atoms with van der Waals surface area (Å²) in [6.07, 6.45) is 0.493. The van der Waals surface area contributed by atoms with Crippen LogP contribution in [0.25, 0.3) is 0 Å². The highest BCUT2D eigenvalue weighted by Crippen LogP contribution is 2.25. The van der Waals surface area contributed by atoms with Crippen LogP contribution in [0, 0.1) is 11.3 Å². The van der Waals surface area contributed by atoms with Gasteiger partial charge in [-0.15, -0.1) is 0 Å². The Morgan fingerprint density at radius 2 is 1.09 bits per heavy atom. The molecule has 0 aliphatic carbocycles. The number of ether oxygens (including phenoxy) is 2. The van der Waals surface area contributed by atoms with Crippen molar-refractivity contribution in [1.82, 2.24) is 0 Å². The van der Waals surface area contributed by atoms with Gasteiger partial charge in [0.2, 0.25) is 0 Å². The van der Waals surface area contributed by atoms with Gasteiger partial charge in [0, 0.05) is 0 Å². The summed E-state index contributed by atoms with van der Waals surface area (Å²) in [5.74, 6) is -0.374. The third-order valence-electron chi connectivity index (χ3n) is 5.24. The molecule has 4 rings (SSSR count). The van der Waals surface area contributed by atoms with Crippen molar-refractivity contribution in [2.75, 3.05) is 0 Å². The standard InChI is InChI=1S/C29H21NO4/c30-20-25(22-13-17-27(18-14-22)34-29(32)24-9-5-2-6-10-24)19-21-11-15-26(16-12-21)33-28(31)23-7-3-1-4-8-23/h1-18,25H,19H2. The van der Waals surface area contributed by atoms with Gasteiger partial charge in [-0.3, -0.25) is 0 Å².